The minimum Gasteiger partial charge on any atom is -0.481 e. The molecule has 0 bridgehead atoms. The molecule has 0 heterocycles. The highest BCUT2D eigenvalue weighted by atomic mass is 35.5. The van der Waals surface area contributed by atoms with Crippen molar-refractivity contribution >= 4 is 34.9 Å². The van der Waals surface area contributed by atoms with Gasteiger partial charge in [-0.3, -0.25) is 19.7 Å². The van der Waals surface area contributed by atoms with Crippen LogP contribution in [0.3, 0.4) is 0 Å². The first-order valence-corrected chi connectivity index (χ1v) is 6.75. The van der Waals surface area contributed by atoms with Gasteiger partial charge in [0.25, 0.3) is 5.69 Å². The summed E-state index contributed by atoms with van der Waals surface area (Å²) in [6.07, 6.45) is 1.69. The van der Waals surface area contributed by atoms with E-state index in [-0.39, 0.29) is 10.7 Å². The zero-order valence-corrected chi connectivity index (χ0v) is 11.7. The average molecular weight is 313 g/mol. The van der Waals surface area contributed by atoms with Gasteiger partial charge < -0.3 is 10.4 Å². The van der Waals surface area contributed by atoms with E-state index in [9.17, 15) is 19.7 Å². The van der Waals surface area contributed by atoms with Crippen LogP contribution in [-0.4, -0.2) is 21.9 Å². The van der Waals surface area contributed by atoms with E-state index < -0.39 is 28.6 Å². The summed E-state index contributed by atoms with van der Waals surface area (Å²) in [5.41, 5.74) is 0.0607. The lowest BCUT2D eigenvalue weighted by atomic mass is 9.95. The Bertz CT molecular complexity index is 604. The van der Waals surface area contributed by atoms with Crippen LogP contribution in [0.5, 0.6) is 0 Å². The van der Waals surface area contributed by atoms with Crippen LogP contribution in [0.4, 0.5) is 11.4 Å². The zero-order valence-electron chi connectivity index (χ0n) is 10.9. The van der Waals surface area contributed by atoms with Gasteiger partial charge in [0.1, 0.15) is 5.02 Å². The number of nitro groups is 1. The molecular formula is C13H13ClN2O5. The quantitative estimate of drug-likeness (QED) is 0.656. The Kier molecular flexibility index (Phi) is 4.42. The predicted octanol–water partition coefficient (Wildman–Crippen LogP) is 2.69. The minimum absolute atomic E-state index is 0.0843. The molecule has 2 N–H and O–H groups in total. The maximum atomic E-state index is 12.1. The molecular weight excluding hydrogens is 300 g/mol. The third-order valence-corrected chi connectivity index (χ3v) is 3.88. The first kappa shape index (κ1) is 15.2. The Morgan fingerprint density at radius 3 is 2.57 bits per heavy atom. The molecule has 2 unspecified atom stereocenters. The summed E-state index contributed by atoms with van der Waals surface area (Å²) >= 11 is 5.76. The summed E-state index contributed by atoms with van der Waals surface area (Å²) in [7, 11) is 0. The second-order valence-electron chi connectivity index (χ2n) is 4.89. The molecule has 2 rings (SSSR count). The Labute approximate surface area is 125 Å². The van der Waals surface area contributed by atoms with Crippen LogP contribution in [0.1, 0.15) is 19.3 Å². The van der Waals surface area contributed by atoms with Gasteiger partial charge in [0.05, 0.1) is 16.8 Å². The number of nitrogens with zero attached hydrogens (tertiary/aromatic N) is 1. The van der Waals surface area contributed by atoms with Crippen LogP contribution >= 0.6 is 11.6 Å². The van der Waals surface area contributed by atoms with Crippen molar-refractivity contribution in [3.63, 3.8) is 0 Å². The van der Waals surface area contributed by atoms with E-state index in [4.69, 9.17) is 16.7 Å². The molecule has 0 saturated heterocycles. The highest BCUT2D eigenvalue weighted by Crippen LogP contribution is 2.33. The fraction of sp³-hybridized carbons (Fsp3) is 0.385. The maximum Gasteiger partial charge on any atom is 0.307 e. The summed E-state index contributed by atoms with van der Waals surface area (Å²) in [5.74, 6) is -2.64. The summed E-state index contributed by atoms with van der Waals surface area (Å²) < 4.78 is 0. The zero-order chi connectivity index (χ0) is 15.6. The number of carboxylic acids is 1. The number of nitro benzene ring substituents is 1. The molecule has 1 aliphatic carbocycles. The number of rotatable bonds is 4. The minimum atomic E-state index is -0.977. The topological polar surface area (TPSA) is 110 Å². The van der Waals surface area contributed by atoms with Crippen LogP contribution in [0, 0.1) is 22.0 Å². The van der Waals surface area contributed by atoms with Gasteiger partial charge in [0.15, 0.2) is 0 Å². The number of carboxylic acid groups (broad SMARTS) is 1. The summed E-state index contributed by atoms with van der Waals surface area (Å²) in [6, 6.07) is 3.84. The molecule has 0 aromatic heterocycles. The normalized spacial score (nSPS) is 21.0. The predicted molar refractivity (Wildman–Crippen MR) is 75.2 cm³/mol. The third-order valence-electron chi connectivity index (χ3n) is 3.58. The first-order valence-electron chi connectivity index (χ1n) is 6.37. The Balaban J connectivity index is 2.11. The number of halogens is 1. The van der Waals surface area contributed by atoms with Crippen molar-refractivity contribution in [1.82, 2.24) is 0 Å². The van der Waals surface area contributed by atoms with E-state index in [1.54, 1.807) is 0 Å². The standard InChI is InChI=1S/C13H13ClN2O5/c14-10-6-7(4-5-11(10)16(20)21)15-12(17)8-2-1-3-9(8)13(18)19/h4-6,8-9H,1-3H2,(H,15,17)(H,18,19). The van der Waals surface area contributed by atoms with Crippen molar-refractivity contribution in [2.24, 2.45) is 11.8 Å². The number of amides is 1. The Morgan fingerprint density at radius 1 is 1.33 bits per heavy atom. The molecule has 0 radical (unpaired) electrons. The van der Waals surface area contributed by atoms with Gasteiger partial charge in [0.2, 0.25) is 5.91 Å². The molecule has 1 saturated carbocycles. The van der Waals surface area contributed by atoms with E-state index in [2.05, 4.69) is 5.32 Å². The van der Waals surface area contributed by atoms with E-state index in [0.29, 0.717) is 24.9 Å². The van der Waals surface area contributed by atoms with Gasteiger partial charge >= 0.3 is 5.97 Å². The van der Waals surface area contributed by atoms with E-state index in [1.807, 2.05) is 0 Å². The van der Waals surface area contributed by atoms with Gasteiger partial charge in [-0.1, -0.05) is 18.0 Å². The Morgan fingerprint density at radius 2 is 2.00 bits per heavy atom. The maximum absolute atomic E-state index is 12.1. The SMILES string of the molecule is O=C(O)C1CCCC1C(=O)Nc1ccc([N+](=O)[O-])c(Cl)c1. The van der Waals surface area contributed by atoms with Gasteiger partial charge in [-0.05, 0) is 25.0 Å². The average Bonchev–Trinajstić information content (AvgIpc) is 2.87. The molecule has 8 heteroatoms. The highest BCUT2D eigenvalue weighted by molar-refractivity contribution is 6.33. The lowest BCUT2D eigenvalue weighted by Crippen LogP contribution is -2.29. The van der Waals surface area contributed by atoms with Crippen molar-refractivity contribution in [1.29, 1.82) is 0 Å². The monoisotopic (exact) mass is 312 g/mol. The largest absolute Gasteiger partial charge is 0.481 e. The number of carbonyl (C=O) groups is 2. The van der Waals surface area contributed by atoms with Crippen LogP contribution < -0.4 is 5.32 Å². The van der Waals surface area contributed by atoms with Crippen molar-refractivity contribution in [2.75, 3.05) is 5.32 Å². The van der Waals surface area contributed by atoms with Crippen molar-refractivity contribution < 1.29 is 19.6 Å². The molecule has 1 aliphatic rings. The molecule has 1 aromatic rings. The first-order chi connectivity index (χ1) is 9.90. The molecule has 112 valence electrons. The van der Waals surface area contributed by atoms with Gasteiger partial charge in [-0.15, -0.1) is 0 Å². The molecule has 7 nitrogen and oxygen atoms in total. The van der Waals surface area contributed by atoms with Crippen LogP contribution in [-0.2, 0) is 9.59 Å². The van der Waals surface area contributed by atoms with E-state index >= 15 is 0 Å². The van der Waals surface area contributed by atoms with Crippen LogP contribution in [0.2, 0.25) is 5.02 Å². The van der Waals surface area contributed by atoms with Crippen molar-refractivity contribution in [3.05, 3.63) is 33.3 Å². The van der Waals surface area contributed by atoms with Gasteiger partial charge in [0, 0.05) is 11.8 Å². The summed E-state index contributed by atoms with van der Waals surface area (Å²) in [6.45, 7) is 0. The Hall–Kier alpha value is -2.15. The highest BCUT2D eigenvalue weighted by Gasteiger charge is 2.37. The number of aliphatic carboxylic acids is 1. The van der Waals surface area contributed by atoms with Crippen LogP contribution in [0.15, 0.2) is 18.2 Å². The molecule has 0 aliphatic heterocycles. The van der Waals surface area contributed by atoms with E-state index in [0.717, 1.165) is 0 Å². The molecule has 2 atom stereocenters. The number of nitrogens with one attached hydrogen (secondary N) is 1. The number of anilines is 1. The second-order valence-corrected chi connectivity index (χ2v) is 5.30. The fourth-order valence-corrected chi connectivity index (χ4v) is 2.79. The molecule has 0 spiro atoms. The number of carbonyl (C=O) groups excluding carboxylic acids is 1. The summed E-state index contributed by atoms with van der Waals surface area (Å²) in [5, 5.41) is 22.2. The number of hydrogen-bond acceptors (Lipinski definition) is 4. The van der Waals surface area contributed by atoms with Gasteiger partial charge in [-0.25, -0.2) is 0 Å². The third kappa shape index (κ3) is 3.30. The molecule has 1 aromatic carbocycles. The fourth-order valence-electron chi connectivity index (χ4n) is 2.54. The van der Waals surface area contributed by atoms with Crippen LogP contribution in [0.25, 0.3) is 0 Å². The lowest BCUT2D eigenvalue weighted by molar-refractivity contribution is -0.384. The summed E-state index contributed by atoms with van der Waals surface area (Å²) in [4.78, 5) is 33.2. The van der Waals surface area contributed by atoms with E-state index in [1.165, 1.54) is 18.2 Å². The van der Waals surface area contributed by atoms with Crippen molar-refractivity contribution in [3.8, 4) is 0 Å². The molecule has 1 amide bonds. The van der Waals surface area contributed by atoms with Gasteiger partial charge in [-0.2, -0.15) is 0 Å². The number of benzene rings is 1. The number of hydrogen-bond donors (Lipinski definition) is 2. The lowest BCUT2D eigenvalue weighted by Gasteiger charge is -2.15. The van der Waals surface area contributed by atoms with Crippen molar-refractivity contribution in [2.45, 2.75) is 19.3 Å². The second kappa shape index (κ2) is 6.09. The molecule has 1 fully saturated rings. The molecule has 21 heavy (non-hydrogen) atoms. The smallest absolute Gasteiger partial charge is 0.307 e.